The Hall–Kier alpha value is -4.77. The predicted octanol–water partition coefficient (Wildman–Crippen LogP) is 6.63. The third-order valence-electron chi connectivity index (χ3n) is 11.6. The molecular weight excluding hydrogens is 683 g/mol. The van der Waals surface area contributed by atoms with Gasteiger partial charge in [-0.25, -0.2) is 5.01 Å². The Labute approximate surface area is 313 Å². The van der Waals surface area contributed by atoms with Crippen molar-refractivity contribution in [2.24, 2.45) is 11.0 Å². The minimum atomic E-state index is -2.47. The second-order valence-corrected chi connectivity index (χ2v) is 19.8. The van der Waals surface area contributed by atoms with Crippen LogP contribution >= 0.6 is 0 Å². The molecule has 3 aliphatic heterocycles. The fourth-order valence-electron chi connectivity index (χ4n) is 8.45. The van der Waals surface area contributed by atoms with E-state index >= 15 is 0 Å². The highest BCUT2D eigenvalue weighted by Crippen LogP contribution is 2.48. The molecule has 0 bridgehead atoms. The standard InChI is InChI=1S/C43H49N3O6Si/c1-28-42(51-3)36-24-32(46-40(48)22-20-37(44-46)29-11-7-6-8-12-29)15-21-38(36)52-43(28)39(53(4,5)35-18-16-34(50-2)17-19-35)25-41(49)45-26-31-14-10-9-13-30(31)23-33(45)27-47/h6-19,21,24,28,33,39,42-43,47H,20,22-23,25-27H2,1-5H3/t28-,33-,39?,42-,43-/m0/s1. The molecule has 0 saturated heterocycles. The van der Waals surface area contributed by atoms with E-state index in [9.17, 15) is 14.7 Å². The van der Waals surface area contributed by atoms with Crippen molar-refractivity contribution in [3.05, 3.63) is 119 Å². The Morgan fingerprint density at radius 3 is 2.38 bits per heavy atom. The molecule has 1 unspecified atom stereocenters. The lowest BCUT2D eigenvalue weighted by molar-refractivity contribution is -0.136. The number of hydrogen-bond donors (Lipinski definition) is 1. The second kappa shape index (κ2) is 15.3. The van der Waals surface area contributed by atoms with Crippen LogP contribution in [-0.2, 0) is 27.3 Å². The van der Waals surface area contributed by atoms with Gasteiger partial charge in [0.05, 0.1) is 45.3 Å². The number of carbonyl (C=O) groups excluding carboxylic acids is 2. The van der Waals surface area contributed by atoms with Gasteiger partial charge in [-0.05, 0) is 53.4 Å². The van der Waals surface area contributed by atoms with Crippen molar-refractivity contribution in [1.82, 2.24) is 4.90 Å². The molecule has 3 aliphatic rings. The first-order valence-corrected chi connectivity index (χ1v) is 21.6. The van der Waals surface area contributed by atoms with E-state index in [1.807, 2.05) is 77.7 Å². The van der Waals surface area contributed by atoms with E-state index in [1.165, 1.54) is 15.8 Å². The maximum atomic E-state index is 14.6. The molecule has 53 heavy (non-hydrogen) atoms. The predicted molar refractivity (Wildman–Crippen MR) is 210 cm³/mol. The summed E-state index contributed by atoms with van der Waals surface area (Å²) in [5.74, 6) is 1.27. The Morgan fingerprint density at radius 2 is 1.68 bits per heavy atom. The highest BCUT2D eigenvalue weighted by atomic mass is 28.3. The summed E-state index contributed by atoms with van der Waals surface area (Å²) in [5, 5.41) is 18.0. The molecule has 5 atom stereocenters. The molecule has 9 nitrogen and oxygen atoms in total. The number of hydrazone groups is 1. The van der Waals surface area contributed by atoms with Crippen molar-refractivity contribution in [2.45, 2.75) is 76.0 Å². The van der Waals surface area contributed by atoms with Crippen LogP contribution in [0, 0.1) is 5.92 Å². The van der Waals surface area contributed by atoms with Gasteiger partial charge in [-0.15, -0.1) is 0 Å². The Morgan fingerprint density at radius 1 is 0.962 bits per heavy atom. The maximum absolute atomic E-state index is 14.6. The van der Waals surface area contributed by atoms with Gasteiger partial charge in [-0.3, -0.25) is 9.59 Å². The summed E-state index contributed by atoms with van der Waals surface area (Å²) in [6.45, 7) is 7.12. The zero-order valence-electron chi connectivity index (χ0n) is 31.2. The summed E-state index contributed by atoms with van der Waals surface area (Å²) in [4.78, 5) is 29.7. The van der Waals surface area contributed by atoms with Gasteiger partial charge in [0.1, 0.15) is 17.6 Å². The lowest BCUT2D eigenvalue weighted by Gasteiger charge is -2.46. The van der Waals surface area contributed by atoms with E-state index in [1.54, 1.807) is 14.2 Å². The number of aliphatic hydroxyl groups is 1. The molecule has 4 aromatic rings. The summed E-state index contributed by atoms with van der Waals surface area (Å²) in [6, 6.07) is 31.8. The largest absolute Gasteiger partial charge is 0.497 e. The van der Waals surface area contributed by atoms with Gasteiger partial charge in [0.15, 0.2) is 0 Å². The Kier molecular flexibility index (Phi) is 10.6. The number of hydrogen-bond acceptors (Lipinski definition) is 7. The average Bonchev–Trinajstić information content (AvgIpc) is 3.19. The van der Waals surface area contributed by atoms with Gasteiger partial charge in [-0.2, -0.15) is 5.10 Å². The number of carbonyl (C=O) groups is 2. The van der Waals surface area contributed by atoms with Gasteiger partial charge in [-0.1, -0.05) is 91.9 Å². The molecule has 0 saturated carbocycles. The molecule has 0 spiro atoms. The third-order valence-corrected chi connectivity index (χ3v) is 15.8. The number of amides is 2. The maximum Gasteiger partial charge on any atom is 0.247 e. The number of nitrogens with zero attached hydrogens (tertiary/aromatic N) is 3. The smallest absolute Gasteiger partial charge is 0.247 e. The second-order valence-electron chi connectivity index (χ2n) is 15.0. The van der Waals surface area contributed by atoms with Crippen LogP contribution < -0.4 is 19.7 Å². The Balaban J connectivity index is 1.24. The SMILES string of the molecule is COc1ccc([Si](C)(C)C(CC(=O)N2Cc3ccccc3C[C@H]2CO)[C@H]2Oc3ccc(N4N=C(c5ccccc5)CCC4=O)cc3[C@@H](OC)[C@@H]2C)cc1. The van der Waals surface area contributed by atoms with E-state index in [0.29, 0.717) is 37.2 Å². The summed E-state index contributed by atoms with van der Waals surface area (Å²) >= 11 is 0. The van der Waals surface area contributed by atoms with Crippen molar-refractivity contribution in [1.29, 1.82) is 0 Å². The first-order chi connectivity index (χ1) is 25.6. The van der Waals surface area contributed by atoms with Crippen LogP contribution in [0.1, 0.15) is 54.5 Å². The highest BCUT2D eigenvalue weighted by molar-refractivity contribution is 6.91. The molecule has 0 fully saturated rings. The fraction of sp³-hybridized carbons (Fsp3) is 0.372. The van der Waals surface area contributed by atoms with E-state index < -0.39 is 8.07 Å². The summed E-state index contributed by atoms with van der Waals surface area (Å²) in [5.41, 5.74) is 5.53. The normalized spacial score (nSPS) is 21.9. The van der Waals surface area contributed by atoms with Gasteiger partial charge in [0, 0.05) is 49.9 Å². The van der Waals surface area contributed by atoms with Gasteiger partial charge >= 0.3 is 0 Å². The van der Waals surface area contributed by atoms with Crippen molar-refractivity contribution >= 4 is 36.5 Å². The topological polar surface area (TPSA) is 101 Å². The van der Waals surface area contributed by atoms with Crippen LogP contribution in [0.15, 0.2) is 102 Å². The fourth-order valence-corrected chi connectivity index (χ4v) is 11.8. The number of ether oxygens (including phenoxy) is 3. The monoisotopic (exact) mass is 731 g/mol. The quantitative estimate of drug-likeness (QED) is 0.184. The third kappa shape index (κ3) is 7.15. The van der Waals surface area contributed by atoms with Crippen LogP contribution in [0.4, 0.5) is 5.69 Å². The lowest BCUT2D eigenvalue weighted by Crippen LogP contribution is -2.56. The van der Waals surface area contributed by atoms with Crippen LogP contribution in [0.5, 0.6) is 11.5 Å². The van der Waals surface area contributed by atoms with Gasteiger partial charge in [0.2, 0.25) is 11.8 Å². The molecule has 7 rings (SSSR count). The molecule has 0 aromatic heterocycles. The molecule has 2 amide bonds. The van der Waals surface area contributed by atoms with Gasteiger partial charge < -0.3 is 24.2 Å². The zero-order chi connectivity index (χ0) is 37.3. The Bertz CT molecular complexity index is 1980. The summed E-state index contributed by atoms with van der Waals surface area (Å²) in [7, 11) is 0.899. The minimum absolute atomic E-state index is 0.0132. The molecule has 3 heterocycles. The zero-order valence-corrected chi connectivity index (χ0v) is 32.2. The van der Waals surface area contributed by atoms with E-state index in [4.69, 9.17) is 19.3 Å². The minimum Gasteiger partial charge on any atom is -0.497 e. The van der Waals surface area contributed by atoms with Crippen molar-refractivity contribution in [3.63, 3.8) is 0 Å². The molecule has 4 aromatic carbocycles. The van der Waals surface area contributed by atoms with Crippen molar-refractivity contribution in [3.8, 4) is 11.5 Å². The highest BCUT2D eigenvalue weighted by Gasteiger charge is 2.49. The first kappa shape index (κ1) is 36.6. The number of fused-ring (bicyclic) bond motifs is 2. The number of aliphatic hydroxyl groups excluding tert-OH is 1. The number of rotatable bonds is 10. The van der Waals surface area contributed by atoms with Crippen LogP contribution in [-0.4, -0.2) is 68.6 Å². The molecule has 276 valence electrons. The van der Waals surface area contributed by atoms with E-state index in [-0.39, 0.29) is 54.6 Å². The first-order valence-electron chi connectivity index (χ1n) is 18.5. The lowest BCUT2D eigenvalue weighted by atomic mass is 9.86. The summed E-state index contributed by atoms with van der Waals surface area (Å²) in [6.07, 6.45) is 1.14. The number of anilines is 1. The molecule has 1 N–H and O–H groups in total. The van der Waals surface area contributed by atoms with Gasteiger partial charge in [0.25, 0.3) is 0 Å². The van der Waals surface area contributed by atoms with E-state index in [2.05, 4.69) is 44.3 Å². The van der Waals surface area contributed by atoms with E-state index in [0.717, 1.165) is 28.2 Å². The van der Waals surface area contributed by atoms with Crippen LogP contribution in [0.25, 0.3) is 0 Å². The molecule has 0 radical (unpaired) electrons. The summed E-state index contributed by atoms with van der Waals surface area (Å²) < 4.78 is 18.8. The average molecular weight is 732 g/mol. The van der Waals surface area contributed by atoms with Crippen LogP contribution in [0.3, 0.4) is 0 Å². The van der Waals surface area contributed by atoms with Crippen molar-refractivity contribution in [2.75, 3.05) is 25.8 Å². The number of benzene rings is 4. The van der Waals surface area contributed by atoms with Crippen molar-refractivity contribution < 1.29 is 28.9 Å². The molecule has 10 heteroatoms. The molecule has 0 aliphatic carbocycles. The van der Waals surface area contributed by atoms with Crippen LogP contribution in [0.2, 0.25) is 18.6 Å². The number of methoxy groups -OCH3 is 2. The molecular formula is C43H49N3O6Si.